The van der Waals surface area contributed by atoms with Crippen molar-refractivity contribution >= 4 is 11.9 Å². The molecule has 2 nitrogen and oxygen atoms in total. The van der Waals surface area contributed by atoms with Crippen LogP contribution in [-0.4, -0.2) is 6.21 Å². The molecule has 0 saturated carbocycles. The number of allylic oxidation sites excluding steroid dienone is 1. The quantitative estimate of drug-likeness (QED) is 0.688. The fourth-order valence-electron chi connectivity index (χ4n) is 1.21. The van der Waals surface area contributed by atoms with Gasteiger partial charge in [-0.1, -0.05) is 24.8 Å². The molecule has 0 unspecified atom stereocenters. The maximum atomic E-state index is 4.14. The number of hydrogen-bond donors (Lipinski definition) is 1. The molecule has 0 bridgehead atoms. The van der Waals surface area contributed by atoms with E-state index in [1.807, 2.05) is 30.5 Å². The minimum atomic E-state index is 0.918. The molecule has 1 heterocycles. The zero-order valence-electron chi connectivity index (χ0n) is 7.20. The molecule has 1 aromatic carbocycles. The van der Waals surface area contributed by atoms with E-state index < -0.39 is 0 Å². The lowest BCUT2D eigenvalue weighted by Gasteiger charge is -2.06. The van der Waals surface area contributed by atoms with Crippen molar-refractivity contribution in [2.75, 3.05) is 5.32 Å². The van der Waals surface area contributed by atoms with E-state index in [0.717, 1.165) is 16.9 Å². The standard InChI is InChI=1S/C11H10N2/c1-2-10-8-12-7-9-5-3-4-6-11(9)13-10/h2-8,13H,1H2. The Morgan fingerprint density at radius 3 is 3.00 bits per heavy atom. The molecule has 0 radical (unpaired) electrons. The molecule has 0 aromatic heterocycles. The number of fused-ring (bicyclic) bond motifs is 1. The van der Waals surface area contributed by atoms with Crippen molar-refractivity contribution in [3.63, 3.8) is 0 Å². The minimum Gasteiger partial charge on any atom is -0.354 e. The number of benzene rings is 1. The van der Waals surface area contributed by atoms with Crippen LogP contribution in [0.1, 0.15) is 5.56 Å². The van der Waals surface area contributed by atoms with Crippen LogP contribution in [0.15, 0.2) is 53.8 Å². The third-order valence-electron chi connectivity index (χ3n) is 1.89. The van der Waals surface area contributed by atoms with Gasteiger partial charge in [-0.2, -0.15) is 0 Å². The number of nitrogens with one attached hydrogen (secondary N) is 1. The van der Waals surface area contributed by atoms with E-state index in [0.29, 0.717) is 0 Å². The minimum absolute atomic E-state index is 0.918. The van der Waals surface area contributed by atoms with Gasteiger partial charge in [0.05, 0.1) is 11.9 Å². The maximum Gasteiger partial charge on any atom is 0.0564 e. The van der Waals surface area contributed by atoms with Crippen LogP contribution in [0, 0.1) is 0 Å². The molecule has 0 amide bonds. The molecule has 0 spiro atoms. The lowest BCUT2D eigenvalue weighted by atomic mass is 10.2. The Bertz CT molecular complexity index is 389. The van der Waals surface area contributed by atoms with Crippen LogP contribution in [0.2, 0.25) is 0 Å². The highest BCUT2D eigenvalue weighted by Gasteiger charge is 2.01. The summed E-state index contributed by atoms with van der Waals surface area (Å²) in [6, 6.07) is 8.02. The normalized spacial score (nSPS) is 13.7. The van der Waals surface area contributed by atoms with Crippen molar-refractivity contribution in [1.29, 1.82) is 0 Å². The highest BCUT2D eigenvalue weighted by molar-refractivity contribution is 5.89. The van der Waals surface area contributed by atoms with E-state index in [1.165, 1.54) is 0 Å². The third kappa shape index (κ3) is 1.51. The molecule has 1 N–H and O–H groups in total. The van der Waals surface area contributed by atoms with Crippen molar-refractivity contribution < 1.29 is 0 Å². The second-order valence-corrected chi connectivity index (χ2v) is 2.78. The molecular weight excluding hydrogens is 160 g/mol. The van der Waals surface area contributed by atoms with Gasteiger partial charge in [-0.05, 0) is 12.1 Å². The highest BCUT2D eigenvalue weighted by Crippen LogP contribution is 2.17. The summed E-state index contributed by atoms with van der Waals surface area (Å²) in [5, 5.41) is 3.23. The lowest BCUT2D eigenvalue weighted by Crippen LogP contribution is -1.97. The summed E-state index contributed by atoms with van der Waals surface area (Å²) in [5.41, 5.74) is 3.08. The van der Waals surface area contributed by atoms with Crippen LogP contribution >= 0.6 is 0 Å². The predicted molar refractivity (Wildman–Crippen MR) is 55.9 cm³/mol. The Morgan fingerprint density at radius 2 is 2.15 bits per heavy atom. The Hall–Kier alpha value is -1.83. The van der Waals surface area contributed by atoms with E-state index in [1.54, 1.807) is 12.3 Å². The number of hydrogen-bond acceptors (Lipinski definition) is 2. The van der Waals surface area contributed by atoms with Gasteiger partial charge in [-0.25, -0.2) is 0 Å². The monoisotopic (exact) mass is 170 g/mol. The average Bonchev–Trinajstić information content (AvgIpc) is 2.38. The molecule has 0 fully saturated rings. The van der Waals surface area contributed by atoms with Gasteiger partial charge >= 0.3 is 0 Å². The van der Waals surface area contributed by atoms with Crippen molar-refractivity contribution in [3.05, 3.63) is 54.4 Å². The van der Waals surface area contributed by atoms with Crippen molar-refractivity contribution in [3.8, 4) is 0 Å². The van der Waals surface area contributed by atoms with Gasteiger partial charge < -0.3 is 5.32 Å². The highest BCUT2D eigenvalue weighted by atomic mass is 14.9. The Morgan fingerprint density at radius 1 is 1.31 bits per heavy atom. The molecule has 0 aliphatic carbocycles. The Balaban J connectivity index is 2.45. The van der Waals surface area contributed by atoms with Crippen molar-refractivity contribution in [1.82, 2.24) is 0 Å². The molecule has 1 aliphatic heterocycles. The first kappa shape index (κ1) is 7.80. The Labute approximate surface area is 77.3 Å². The summed E-state index contributed by atoms with van der Waals surface area (Å²) < 4.78 is 0. The number of nitrogens with zero attached hydrogens (tertiary/aromatic N) is 1. The molecule has 64 valence electrons. The molecule has 0 saturated heterocycles. The summed E-state index contributed by atoms with van der Waals surface area (Å²) in [6.07, 6.45) is 5.34. The third-order valence-corrected chi connectivity index (χ3v) is 1.89. The summed E-state index contributed by atoms with van der Waals surface area (Å²) in [4.78, 5) is 4.14. The SMILES string of the molecule is C=CC1=CN=Cc2ccccc2N1. The fraction of sp³-hybridized carbons (Fsp3) is 0. The van der Waals surface area contributed by atoms with Gasteiger partial charge in [0.25, 0.3) is 0 Å². The average molecular weight is 170 g/mol. The van der Waals surface area contributed by atoms with Gasteiger partial charge in [0.2, 0.25) is 0 Å². The number of anilines is 1. The van der Waals surface area contributed by atoms with Crippen molar-refractivity contribution in [2.24, 2.45) is 4.99 Å². The summed E-state index contributed by atoms with van der Waals surface area (Å²) in [6.45, 7) is 3.69. The lowest BCUT2D eigenvalue weighted by molar-refractivity contribution is 1.44. The second-order valence-electron chi connectivity index (χ2n) is 2.78. The zero-order valence-corrected chi connectivity index (χ0v) is 7.20. The van der Waals surface area contributed by atoms with Crippen LogP contribution in [0.4, 0.5) is 5.69 Å². The van der Waals surface area contributed by atoms with Gasteiger partial charge in [0.1, 0.15) is 0 Å². The molecule has 2 heteroatoms. The summed E-state index contributed by atoms with van der Waals surface area (Å²) >= 11 is 0. The first-order chi connectivity index (χ1) is 6.40. The zero-order chi connectivity index (χ0) is 9.10. The van der Waals surface area contributed by atoms with Crippen LogP contribution < -0.4 is 5.32 Å². The fourth-order valence-corrected chi connectivity index (χ4v) is 1.21. The van der Waals surface area contributed by atoms with Crippen molar-refractivity contribution in [2.45, 2.75) is 0 Å². The number of rotatable bonds is 1. The number of aliphatic imine (C=N–C) groups is 1. The van der Waals surface area contributed by atoms with Crippen LogP contribution in [0.25, 0.3) is 0 Å². The van der Waals surface area contributed by atoms with E-state index in [4.69, 9.17) is 0 Å². The van der Waals surface area contributed by atoms with Crippen LogP contribution in [0.3, 0.4) is 0 Å². The molecule has 0 atom stereocenters. The smallest absolute Gasteiger partial charge is 0.0564 e. The molecule has 2 rings (SSSR count). The summed E-state index contributed by atoms with van der Waals surface area (Å²) in [5.74, 6) is 0. The molecule has 13 heavy (non-hydrogen) atoms. The Kier molecular flexibility index (Phi) is 1.96. The van der Waals surface area contributed by atoms with E-state index >= 15 is 0 Å². The summed E-state index contributed by atoms with van der Waals surface area (Å²) in [7, 11) is 0. The predicted octanol–water partition coefficient (Wildman–Crippen LogP) is 2.56. The van der Waals surface area contributed by atoms with E-state index in [9.17, 15) is 0 Å². The topological polar surface area (TPSA) is 24.4 Å². The van der Waals surface area contributed by atoms with Crippen LogP contribution in [-0.2, 0) is 0 Å². The van der Waals surface area contributed by atoms with Gasteiger partial charge in [0, 0.05) is 17.5 Å². The second kappa shape index (κ2) is 3.27. The number of para-hydroxylation sites is 1. The van der Waals surface area contributed by atoms with Gasteiger partial charge in [0.15, 0.2) is 0 Å². The van der Waals surface area contributed by atoms with Gasteiger partial charge in [-0.3, -0.25) is 4.99 Å². The molecule has 1 aromatic rings. The molecular formula is C11H10N2. The first-order valence-electron chi connectivity index (χ1n) is 4.12. The van der Waals surface area contributed by atoms with Gasteiger partial charge in [-0.15, -0.1) is 0 Å². The molecule has 1 aliphatic rings. The largest absolute Gasteiger partial charge is 0.354 e. The van der Waals surface area contributed by atoms with E-state index in [-0.39, 0.29) is 0 Å². The first-order valence-corrected chi connectivity index (χ1v) is 4.12. The van der Waals surface area contributed by atoms with E-state index in [2.05, 4.69) is 16.9 Å². The maximum absolute atomic E-state index is 4.14. The van der Waals surface area contributed by atoms with Crippen LogP contribution in [0.5, 0.6) is 0 Å².